The van der Waals surface area contributed by atoms with Gasteiger partial charge in [0, 0.05) is 17.8 Å². The number of carbonyl (C=O) groups is 3. The van der Waals surface area contributed by atoms with E-state index >= 15 is 0 Å². The van der Waals surface area contributed by atoms with Crippen LogP contribution in [0.5, 0.6) is 0 Å². The SMILES string of the molecule is CCCOC(=O)OC(OP(=O)(N=C(N)[N+](C)(CC)OC(C)=O)OC(OC(=O)OCCC)C(C)(C)C)C(C)(C)C. The minimum absolute atomic E-state index is 0.0868. The molecule has 0 heterocycles. The summed E-state index contributed by atoms with van der Waals surface area (Å²) < 4.78 is 49.5. The van der Waals surface area contributed by atoms with Crippen molar-refractivity contribution in [2.24, 2.45) is 21.3 Å². The lowest BCUT2D eigenvalue weighted by Crippen LogP contribution is -2.54. The summed E-state index contributed by atoms with van der Waals surface area (Å²) in [5, 5.41) is 0. The molecular weight excluding hydrogens is 537 g/mol. The Morgan fingerprint density at radius 1 is 0.846 bits per heavy atom. The van der Waals surface area contributed by atoms with Crippen molar-refractivity contribution in [3.05, 3.63) is 0 Å². The second-order valence-corrected chi connectivity index (χ2v) is 12.5. The first-order valence-corrected chi connectivity index (χ1v) is 14.3. The lowest BCUT2D eigenvalue weighted by molar-refractivity contribution is -1.00. The molecule has 0 aromatic heterocycles. The van der Waals surface area contributed by atoms with Crippen molar-refractivity contribution in [2.45, 2.75) is 94.7 Å². The maximum Gasteiger partial charge on any atom is 0.510 e. The third-order valence-electron chi connectivity index (χ3n) is 4.77. The molecule has 0 saturated heterocycles. The van der Waals surface area contributed by atoms with Gasteiger partial charge in [-0.3, -0.25) is 4.84 Å². The van der Waals surface area contributed by atoms with Crippen LogP contribution in [0, 0.1) is 10.8 Å². The summed E-state index contributed by atoms with van der Waals surface area (Å²) in [5.74, 6) is -1.14. The molecule has 14 nitrogen and oxygen atoms in total. The highest BCUT2D eigenvalue weighted by atomic mass is 31.2. The summed E-state index contributed by atoms with van der Waals surface area (Å²) in [5.41, 5.74) is 4.21. The van der Waals surface area contributed by atoms with Crippen LogP contribution in [-0.4, -0.2) is 68.3 Å². The molecule has 0 aliphatic rings. The van der Waals surface area contributed by atoms with E-state index in [1.807, 2.05) is 0 Å². The summed E-state index contributed by atoms with van der Waals surface area (Å²) in [4.78, 5) is 41.5. The molecule has 0 saturated carbocycles. The number of hydroxylamine groups is 3. The first-order valence-electron chi connectivity index (χ1n) is 12.8. The quantitative estimate of drug-likeness (QED) is 0.0601. The molecule has 0 bridgehead atoms. The normalized spacial score (nSPS) is 17.2. The third-order valence-corrected chi connectivity index (χ3v) is 6.14. The Kier molecular flexibility index (Phi) is 14.4. The van der Waals surface area contributed by atoms with E-state index in [0.29, 0.717) is 12.8 Å². The number of nitrogens with two attached hydrogens (primary N) is 1. The van der Waals surface area contributed by atoms with Crippen LogP contribution >= 0.6 is 7.75 Å². The number of quaternary nitrogens is 1. The molecular formula is C24H47N3O11P+. The molecule has 0 amide bonds. The Bertz CT molecular complexity index is 853. The Balaban J connectivity index is 6.69. The summed E-state index contributed by atoms with van der Waals surface area (Å²) in [6.07, 6.45) is -4.10. The van der Waals surface area contributed by atoms with Crippen LogP contribution in [-0.2, 0) is 42.2 Å². The van der Waals surface area contributed by atoms with Crippen molar-refractivity contribution in [3.63, 3.8) is 0 Å². The molecule has 2 N–H and O–H groups in total. The molecule has 0 rings (SSSR count). The number of guanidine groups is 1. The van der Waals surface area contributed by atoms with Crippen LogP contribution in [0.4, 0.5) is 9.59 Å². The van der Waals surface area contributed by atoms with Crippen molar-refractivity contribution in [2.75, 3.05) is 26.8 Å². The molecule has 0 aromatic rings. The van der Waals surface area contributed by atoms with Crippen LogP contribution < -0.4 is 5.73 Å². The van der Waals surface area contributed by atoms with Gasteiger partial charge in [0.15, 0.2) is 0 Å². The topological polar surface area (TPSA) is 171 Å². The van der Waals surface area contributed by atoms with E-state index in [1.165, 1.54) is 14.0 Å². The van der Waals surface area contributed by atoms with E-state index in [-0.39, 0.29) is 19.8 Å². The largest absolute Gasteiger partial charge is 0.510 e. The van der Waals surface area contributed by atoms with E-state index in [2.05, 4.69) is 4.76 Å². The number of hydrogen-bond donors (Lipinski definition) is 1. The van der Waals surface area contributed by atoms with Crippen molar-refractivity contribution >= 4 is 32.0 Å². The smallest absolute Gasteiger partial charge is 0.434 e. The fraction of sp³-hybridized carbons (Fsp3) is 0.833. The van der Waals surface area contributed by atoms with E-state index in [1.54, 1.807) is 62.3 Å². The molecule has 0 radical (unpaired) electrons. The molecule has 228 valence electrons. The van der Waals surface area contributed by atoms with Gasteiger partial charge in [-0.15, -0.1) is 4.76 Å². The van der Waals surface area contributed by atoms with E-state index in [9.17, 15) is 18.9 Å². The highest BCUT2D eigenvalue weighted by Gasteiger charge is 2.46. The number of hydrogen-bond acceptors (Lipinski definition) is 11. The van der Waals surface area contributed by atoms with Crippen molar-refractivity contribution in [3.8, 4) is 0 Å². The second-order valence-electron chi connectivity index (χ2n) is 11.0. The lowest BCUT2D eigenvalue weighted by Gasteiger charge is -2.35. The van der Waals surface area contributed by atoms with Crippen LogP contribution in [0.15, 0.2) is 4.76 Å². The van der Waals surface area contributed by atoms with Gasteiger partial charge in [0.1, 0.15) is 13.6 Å². The van der Waals surface area contributed by atoms with Gasteiger partial charge in [0.25, 0.3) is 0 Å². The second kappa shape index (κ2) is 15.4. The maximum atomic E-state index is 14.3. The van der Waals surface area contributed by atoms with Gasteiger partial charge in [-0.05, 0) is 19.8 Å². The van der Waals surface area contributed by atoms with Gasteiger partial charge >= 0.3 is 32.0 Å². The first kappa shape index (κ1) is 36.6. The van der Waals surface area contributed by atoms with Crippen molar-refractivity contribution in [1.29, 1.82) is 0 Å². The van der Waals surface area contributed by atoms with Crippen LogP contribution in [0.3, 0.4) is 0 Å². The number of rotatable bonds is 12. The maximum absolute atomic E-state index is 14.3. The summed E-state index contributed by atoms with van der Waals surface area (Å²) >= 11 is 0. The highest BCUT2D eigenvalue weighted by molar-refractivity contribution is 7.52. The van der Waals surface area contributed by atoms with Crippen LogP contribution in [0.2, 0.25) is 0 Å². The Morgan fingerprint density at radius 3 is 1.51 bits per heavy atom. The molecule has 0 aliphatic carbocycles. The molecule has 3 atom stereocenters. The monoisotopic (exact) mass is 584 g/mol. The fourth-order valence-corrected chi connectivity index (χ4v) is 4.20. The fourth-order valence-electron chi connectivity index (χ4n) is 2.42. The van der Waals surface area contributed by atoms with Gasteiger partial charge in [-0.1, -0.05) is 60.0 Å². The Morgan fingerprint density at radius 2 is 1.23 bits per heavy atom. The molecule has 0 fully saturated rings. The van der Waals surface area contributed by atoms with Gasteiger partial charge in [0.05, 0.1) is 13.2 Å². The zero-order chi connectivity index (χ0) is 30.7. The van der Waals surface area contributed by atoms with Crippen LogP contribution in [0.25, 0.3) is 0 Å². The number of ether oxygens (including phenoxy) is 4. The van der Waals surface area contributed by atoms with Gasteiger partial charge in [-0.2, -0.15) is 0 Å². The standard InChI is InChI=1S/C24H47N3O11P/c1-12-15-32-21(29)34-18(23(5,6)7)37-39(31,26-20(25)27(11,14-3)36-17(4)28)38-19(24(8,9)10)35-22(30)33-16-13-2/h18-19H,12-16H2,1-11H3,(H2,25,26,31)/q+1. The first-order chi connectivity index (χ1) is 17.7. The minimum atomic E-state index is -4.81. The summed E-state index contributed by atoms with van der Waals surface area (Å²) in [6, 6.07) is 0. The lowest BCUT2D eigenvalue weighted by atomic mass is 9.96. The predicted molar refractivity (Wildman–Crippen MR) is 142 cm³/mol. The predicted octanol–water partition coefficient (Wildman–Crippen LogP) is 5.26. The van der Waals surface area contributed by atoms with Gasteiger partial charge < -0.3 is 24.7 Å². The molecule has 0 aliphatic heterocycles. The summed E-state index contributed by atoms with van der Waals surface area (Å²) in [6.45, 7) is 16.6. The minimum Gasteiger partial charge on any atom is -0.434 e. The van der Waals surface area contributed by atoms with E-state index in [0.717, 1.165) is 0 Å². The Labute approximate surface area is 231 Å². The van der Waals surface area contributed by atoms with Crippen molar-refractivity contribution in [1.82, 2.24) is 0 Å². The molecule has 39 heavy (non-hydrogen) atoms. The summed E-state index contributed by atoms with van der Waals surface area (Å²) in [7, 11) is -3.40. The number of carbonyl (C=O) groups excluding carboxylic acids is 3. The van der Waals surface area contributed by atoms with E-state index < -0.39 is 60.0 Å². The molecule has 15 heteroatoms. The molecule has 0 aromatic carbocycles. The molecule has 0 spiro atoms. The van der Waals surface area contributed by atoms with Gasteiger partial charge in [0.2, 0.25) is 12.6 Å². The zero-order valence-electron chi connectivity index (χ0n) is 25.1. The van der Waals surface area contributed by atoms with Crippen LogP contribution in [0.1, 0.15) is 82.1 Å². The third kappa shape index (κ3) is 13.5. The average molecular weight is 585 g/mol. The molecule has 3 unspecified atom stereocenters. The number of nitrogens with zero attached hydrogens (tertiary/aromatic N) is 2. The van der Waals surface area contributed by atoms with Crippen molar-refractivity contribution < 1.29 is 56.4 Å². The van der Waals surface area contributed by atoms with E-state index in [4.69, 9.17) is 38.6 Å². The Hall–Kier alpha value is -2.41. The van der Waals surface area contributed by atoms with Gasteiger partial charge in [-0.25, -0.2) is 28.0 Å². The zero-order valence-corrected chi connectivity index (χ0v) is 26.0. The average Bonchev–Trinajstić information content (AvgIpc) is 2.78. The highest BCUT2D eigenvalue weighted by Crippen LogP contribution is 2.56.